The molecule has 1 saturated carbocycles. The number of hydrogen-bond donors (Lipinski definition) is 1. The molecule has 0 bridgehead atoms. The third kappa shape index (κ3) is 5.70. The van der Waals surface area contributed by atoms with Gasteiger partial charge < -0.3 is 10.1 Å². The fourth-order valence-corrected chi connectivity index (χ4v) is 3.15. The Morgan fingerprint density at radius 3 is 2.52 bits per heavy atom. The molecule has 0 radical (unpaired) electrons. The van der Waals surface area contributed by atoms with Gasteiger partial charge in [-0.15, -0.1) is 0 Å². The van der Waals surface area contributed by atoms with Crippen molar-refractivity contribution in [1.29, 1.82) is 0 Å². The number of ether oxygens (including phenoxy) is 1. The van der Waals surface area contributed by atoms with Crippen molar-refractivity contribution in [2.45, 2.75) is 71.4 Å². The van der Waals surface area contributed by atoms with E-state index >= 15 is 0 Å². The zero-order valence-corrected chi connectivity index (χ0v) is 13.7. The summed E-state index contributed by atoms with van der Waals surface area (Å²) in [7, 11) is 0. The van der Waals surface area contributed by atoms with Gasteiger partial charge in [0.15, 0.2) is 0 Å². The Labute approximate surface area is 130 Å². The first-order valence-corrected chi connectivity index (χ1v) is 8.74. The summed E-state index contributed by atoms with van der Waals surface area (Å²) in [6, 6.07) is 9.21. The molecule has 0 amide bonds. The minimum absolute atomic E-state index is 0.637. The van der Waals surface area contributed by atoms with E-state index < -0.39 is 0 Å². The third-order valence-electron chi connectivity index (χ3n) is 4.68. The maximum absolute atomic E-state index is 5.75. The van der Waals surface area contributed by atoms with Gasteiger partial charge in [-0.2, -0.15) is 0 Å². The van der Waals surface area contributed by atoms with Crippen molar-refractivity contribution in [2.24, 2.45) is 5.92 Å². The van der Waals surface area contributed by atoms with Crippen LogP contribution in [0.3, 0.4) is 0 Å². The van der Waals surface area contributed by atoms with Crippen LogP contribution >= 0.6 is 0 Å². The third-order valence-corrected chi connectivity index (χ3v) is 4.68. The second kappa shape index (κ2) is 9.09. The fourth-order valence-electron chi connectivity index (χ4n) is 3.15. The second-order valence-electron chi connectivity index (χ2n) is 6.41. The molecule has 1 aromatic rings. The number of hydrogen-bond acceptors (Lipinski definition) is 2. The first-order chi connectivity index (χ1) is 10.3. The van der Waals surface area contributed by atoms with Gasteiger partial charge in [-0.25, -0.2) is 0 Å². The molecular formula is C19H31NO. The SMILES string of the molecule is CCCCCOc1ccc(CNC(C)C2CCCC2)cc1. The lowest BCUT2D eigenvalue weighted by atomic mass is 9.99. The van der Waals surface area contributed by atoms with Gasteiger partial charge in [0.05, 0.1) is 6.61 Å². The van der Waals surface area contributed by atoms with Crippen LogP contribution in [-0.2, 0) is 6.54 Å². The molecule has 1 aliphatic carbocycles. The van der Waals surface area contributed by atoms with E-state index in [1.807, 2.05) is 0 Å². The van der Waals surface area contributed by atoms with Crippen molar-refractivity contribution < 1.29 is 4.74 Å². The van der Waals surface area contributed by atoms with Crippen molar-refractivity contribution in [2.75, 3.05) is 6.61 Å². The van der Waals surface area contributed by atoms with Gasteiger partial charge in [0.1, 0.15) is 5.75 Å². The molecule has 1 aromatic carbocycles. The first kappa shape index (κ1) is 16.4. The summed E-state index contributed by atoms with van der Waals surface area (Å²) < 4.78 is 5.75. The lowest BCUT2D eigenvalue weighted by molar-refractivity contribution is 0.306. The number of nitrogens with one attached hydrogen (secondary N) is 1. The van der Waals surface area contributed by atoms with Crippen LogP contribution in [0.15, 0.2) is 24.3 Å². The van der Waals surface area contributed by atoms with Gasteiger partial charge in [0.2, 0.25) is 0 Å². The second-order valence-corrected chi connectivity index (χ2v) is 6.41. The molecule has 21 heavy (non-hydrogen) atoms. The van der Waals surface area contributed by atoms with E-state index in [0.717, 1.165) is 31.2 Å². The molecule has 0 heterocycles. The van der Waals surface area contributed by atoms with Crippen LogP contribution in [0.5, 0.6) is 5.75 Å². The van der Waals surface area contributed by atoms with Crippen LogP contribution in [0, 0.1) is 5.92 Å². The van der Waals surface area contributed by atoms with Crippen molar-refractivity contribution in [3.63, 3.8) is 0 Å². The number of rotatable bonds is 9. The molecule has 1 unspecified atom stereocenters. The van der Waals surface area contributed by atoms with Gasteiger partial charge in [-0.3, -0.25) is 0 Å². The topological polar surface area (TPSA) is 21.3 Å². The van der Waals surface area contributed by atoms with Crippen LogP contribution in [0.25, 0.3) is 0 Å². The normalized spacial score (nSPS) is 17.0. The number of benzene rings is 1. The van der Waals surface area contributed by atoms with Crippen LogP contribution < -0.4 is 10.1 Å². The van der Waals surface area contributed by atoms with E-state index in [-0.39, 0.29) is 0 Å². The Hall–Kier alpha value is -1.02. The largest absolute Gasteiger partial charge is 0.494 e. The molecule has 1 N–H and O–H groups in total. The Morgan fingerprint density at radius 1 is 1.14 bits per heavy atom. The van der Waals surface area contributed by atoms with E-state index in [1.165, 1.54) is 44.1 Å². The molecule has 1 atom stereocenters. The molecule has 2 rings (SSSR count). The summed E-state index contributed by atoms with van der Waals surface area (Å²) in [4.78, 5) is 0. The first-order valence-electron chi connectivity index (χ1n) is 8.74. The highest BCUT2D eigenvalue weighted by Crippen LogP contribution is 2.27. The van der Waals surface area contributed by atoms with Crippen molar-refractivity contribution in [1.82, 2.24) is 5.32 Å². The van der Waals surface area contributed by atoms with Crippen LogP contribution in [0.2, 0.25) is 0 Å². The van der Waals surface area contributed by atoms with Gasteiger partial charge in [-0.05, 0) is 49.8 Å². The van der Waals surface area contributed by atoms with Crippen LogP contribution in [0.1, 0.15) is 64.4 Å². The Morgan fingerprint density at radius 2 is 1.86 bits per heavy atom. The van der Waals surface area contributed by atoms with E-state index in [0.29, 0.717) is 6.04 Å². The van der Waals surface area contributed by atoms with E-state index in [2.05, 4.69) is 43.4 Å². The quantitative estimate of drug-likeness (QED) is 0.651. The smallest absolute Gasteiger partial charge is 0.119 e. The minimum Gasteiger partial charge on any atom is -0.494 e. The maximum atomic E-state index is 5.75. The molecule has 0 spiro atoms. The van der Waals surface area contributed by atoms with Crippen molar-refractivity contribution in [3.05, 3.63) is 29.8 Å². The Kier molecular flexibility index (Phi) is 7.08. The Balaban J connectivity index is 1.69. The highest BCUT2D eigenvalue weighted by molar-refractivity contribution is 5.27. The maximum Gasteiger partial charge on any atom is 0.119 e. The zero-order chi connectivity index (χ0) is 14.9. The highest BCUT2D eigenvalue weighted by Gasteiger charge is 2.20. The van der Waals surface area contributed by atoms with Crippen LogP contribution in [-0.4, -0.2) is 12.6 Å². The lowest BCUT2D eigenvalue weighted by Crippen LogP contribution is -2.31. The molecular weight excluding hydrogens is 258 g/mol. The van der Waals surface area contributed by atoms with Gasteiger partial charge in [0, 0.05) is 12.6 Å². The van der Waals surface area contributed by atoms with E-state index in [4.69, 9.17) is 4.74 Å². The van der Waals surface area contributed by atoms with Crippen molar-refractivity contribution >= 4 is 0 Å². The predicted molar refractivity (Wildman–Crippen MR) is 89.7 cm³/mol. The van der Waals surface area contributed by atoms with Crippen molar-refractivity contribution in [3.8, 4) is 5.75 Å². The van der Waals surface area contributed by atoms with E-state index in [9.17, 15) is 0 Å². The molecule has 2 heteroatoms. The number of unbranched alkanes of at least 4 members (excludes halogenated alkanes) is 2. The summed E-state index contributed by atoms with van der Waals surface area (Å²) >= 11 is 0. The minimum atomic E-state index is 0.637. The average molecular weight is 289 g/mol. The summed E-state index contributed by atoms with van der Waals surface area (Å²) in [5, 5.41) is 3.68. The molecule has 118 valence electrons. The predicted octanol–water partition coefficient (Wildman–Crippen LogP) is 4.92. The lowest BCUT2D eigenvalue weighted by Gasteiger charge is -2.20. The average Bonchev–Trinajstić information content (AvgIpc) is 3.05. The summed E-state index contributed by atoms with van der Waals surface area (Å²) in [6.45, 7) is 6.35. The molecule has 0 aromatic heterocycles. The standard InChI is InChI=1S/C19H31NO/c1-3-4-7-14-21-19-12-10-17(11-13-19)15-20-16(2)18-8-5-6-9-18/h10-13,16,18,20H,3-9,14-15H2,1-2H3. The molecule has 1 fully saturated rings. The van der Waals surface area contributed by atoms with Crippen LogP contribution in [0.4, 0.5) is 0 Å². The van der Waals surface area contributed by atoms with E-state index in [1.54, 1.807) is 0 Å². The Bertz CT molecular complexity index is 381. The summed E-state index contributed by atoms with van der Waals surface area (Å²) in [6.07, 6.45) is 9.28. The highest BCUT2D eigenvalue weighted by atomic mass is 16.5. The van der Waals surface area contributed by atoms with Gasteiger partial charge in [-0.1, -0.05) is 44.7 Å². The van der Waals surface area contributed by atoms with Gasteiger partial charge in [0.25, 0.3) is 0 Å². The fraction of sp³-hybridized carbons (Fsp3) is 0.684. The molecule has 2 nitrogen and oxygen atoms in total. The summed E-state index contributed by atoms with van der Waals surface area (Å²) in [5.74, 6) is 1.88. The zero-order valence-electron chi connectivity index (χ0n) is 13.7. The molecule has 0 aliphatic heterocycles. The summed E-state index contributed by atoms with van der Waals surface area (Å²) in [5.41, 5.74) is 1.35. The molecule has 0 saturated heterocycles. The molecule has 1 aliphatic rings. The van der Waals surface area contributed by atoms with Gasteiger partial charge >= 0.3 is 0 Å². The monoisotopic (exact) mass is 289 g/mol.